The zero-order chi connectivity index (χ0) is 29.1. The van der Waals surface area contributed by atoms with Crippen LogP contribution in [0.25, 0.3) is 6.08 Å². The molecule has 1 heterocycles. The molecule has 0 saturated carbocycles. The van der Waals surface area contributed by atoms with Crippen LogP contribution in [0.15, 0.2) is 58.6 Å². The standard InChI is InChI=1S/C26H16BrCl4N3O6/c1-39-21-8-12(7-16(27)23(21)40-11-22(35)32-13-2-4-17(28)19(30)9-13)6-15-24(36)33-26(38)34(25(15)37)14-3-5-18(29)20(31)10-14/h2-10H,11H2,1H3,(H,32,35)(H,33,36,38)/b15-6-. The summed E-state index contributed by atoms with van der Waals surface area (Å²) in [5, 5.41) is 5.75. The highest BCUT2D eigenvalue weighted by Crippen LogP contribution is 2.38. The Morgan fingerprint density at radius 2 is 1.65 bits per heavy atom. The van der Waals surface area contributed by atoms with Crippen LogP contribution in [-0.4, -0.2) is 37.5 Å². The maximum absolute atomic E-state index is 13.2. The fourth-order valence-electron chi connectivity index (χ4n) is 3.55. The number of benzene rings is 3. The summed E-state index contributed by atoms with van der Waals surface area (Å²) in [6.45, 7) is -0.378. The lowest BCUT2D eigenvalue weighted by molar-refractivity contribution is -0.122. The van der Waals surface area contributed by atoms with Gasteiger partial charge in [-0.3, -0.25) is 19.7 Å². The zero-order valence-electron chi connectivity index (χ0n) is 20.2. The van der Waals surface area contributed by atoms with Crippen LogP contribution >= 0.6 is 62.3 Å². The van der Waals surface area contributed by atoms with E-state index in [1.807, 2.05) is 0 Å². The van der Waals surface area contributed by atoms with Gasteiger partial charge < -0.3 is 14.8 Å². The summed E-state index contributed by atoms with van der Waals surface area (Å²) in [6.07, 6.45) is 1.28. The Hall–Kier alpha value is -3.28. The van der Waals surface area contributed by atoms with E-state index in [0.29, 0.717) is 20.7 Å². The number of barbiturate groups is 1. The second-order valence-corrected chi connectivity index (χ2v) is 10.5. The lowest BCUT2D eigenvalue weighted by atomic mass is 10.1. The number of imide groups is 2. The second kappa shape index (κ2) is 12.5. The van der Waals surface area contributed by atoms with Crippen molar-refractivity contribution in [3.63, 3.8) is 0 Å². The molecule has 40 heavy (non-hydrogen) atoms. The van der Waals surface area contributed by atoms with E-state index >= 15 is 0 Å². The van der Waals surface area contributed by atoms with Gasteiger partial charge in [-0.15, -0.1) is 0 Å². The van der Waals surface area contributed by atoms with E-state index in [1.54, 1.807) is 18.2 Å². The summed E-state index contributed by atoms with van der Waals surface area (Å²) < 4.78 is 11.4. The van der Waals surface area contributed by atoms with Gasteiger partial charge in [-0.2, -0.15) is 0 Å². The third-order valence-electron chi connectivity index (χ3n) is 5.38. The number of anilines is 2. The highest BCUT2D eigenvalue weighted by Gasteiger charge is 2.37. The molecule has 0 spiro atoms. The molecule has 0 radical (unpaired) electrons. The van der Waals surface area contributed by atoms with E-state index in [9.17, 15) is 19.2 Å². The molecule has 14 heteroatoms. The Balaban J connectivity index is 1.56. The first-order valence-corrected chi connectivity index (χ1v) is 13.4. The van der Waals surface area contributed by atoms with E-state index in [0.717, 1.165) is 4.90 Å². The third-order valence-corrected chi connectivity index (χ3v) is 7.44. The number of carbonyl (C=O) groups excluding carboxylic acids is 4. The van der Waals surface area contributed by atoms with Crippen LogP contribution in [0.4, 0.5) is 16.2 Å². The summed E-state index contributed by atoms with van der Waals surface area (Å²) in [5.41, 5.74) is 0.587. The predicted octanol–water partition coefficient (Wildman–Crippen LogP) is 6.76. The molecular formula is C26H16BrCl4N3O6. The SMILES string of the molecule is COc1cc(/C=C2/C(=O)NC(=O)N(c3ccc(Cl)c(Cl)c3)C2=O)cc(Br)c1OCC(=O)Nc1ccc(Cl)c(Cl)c1. The number of hydrogen-bond donors (Lipinski definition) is 2. The smallest absolute Gasteiger partial charge is 0.335 e. The third kappa shape index (κ3) is 6.54. The molecular weight excluding hydrogens is 672 g/mol. The van der Waals surface area contributed by atoms with Crippen LogP contribution in [0.3, 0.4) is 0 Å². The molecule has 1 aliphatic heterocycles. The number of methoxy groups -OCH3 is 1. The zero-order valence-corrected chi connectivity index (χ0v) is 24.8. The highest BCUT2D eigenvalue weighted by atomic mass is 79.9. The molecule has 1 saturated heterocycles. The van der Waals surface area contributed by atoms with Crippen LogP contribution < -0.4 is 25.0 Å². The molecule has 1 fully saturated rings. The number of urea groups is 1. The Morgan fingerprint density at radius 3 is 2.30 bits per heavy atom. The fourth-order valence-corrected chi connectivity index (χ4v) is 4.72. The molecule has 0 aliphatic carbocycles. The number of hydrogen-bond acceptors (Lipinski definition) is 6. The summed E-state index contributed by atoms with van der Waals surface area (Å²) >= 11 is 27.2. The number of nitrogens with one attached hydrogen (secondary N) is 2. The van der Waals surface area contributed by atoms with Gasteiger partial charge in [0.2, 0.25) is 0 Å². The van der Waals surface area contributed by atoms with Crippen LogP contribution in [-0.2, 0) is 14.4 Å². The van der Waals surface area contributed by atoms with Gasteiger partial charge in [0.1, 0.15) is 5.57 Å². The molecule has 2 N–H and O–H groups in total. The molecule has 3 aromatic carbocycles. The van der Waals surface area contributed by atoms with Gasteiger partial charge in [0.05, 0.1) is 37.4 Å². The largest absolute Gasteiger partial charge is 0.493 e. The van der Waals surface area contributed by atoms with Crippen molar-refractivity contribution < 1.29 is 28.7 Å². The minimum Gasteiger partial charge on any atom is -0.493 e. The molecule has 1 aliphatic rings. The van der Waals surface area contributed by atoms with Crippen molar-refractivity contribution in [1.29, 1.82) is 0 Å². The van der Waals surface area contributed by atoms with Gasteiger partial charge in [-0.1, -0.05) is 46.4 Å². The number of ether oxygens (including phenoxy) is 2. The van der Waals surface area contributed by atoms with Gasteiger partial charge >= 0.3 is 6.03 Å². The monoisotopic (exact) mass is 685 g/mol. The van der Waals surface area contributed by atoms with E-state index in [-0.39, 0.29) is 44.4 Å². The van der Waals surface area contributed by atoms with Crippen molar-refractivity contribution >= 4 is 104 Å². The Bertz CT molecular complexity index is 1600. The summed E-state index contributed by atoms with van der Waals surface area (Å²) in [5.74, 6) is -1.84. The normalized spacial score (nSPS) is 14.3. The first-order valence-electron chi connectivity index (χ1n) is 11.1. The van der Waals surface area contributed by atoms with Crippen molar-refractivity contribution in [3.05, 3.63) is 84.2 Å². The summed E-state index contributed by atoms with van der Waals surface area (Å²) in [6, 6.07) is 10.9. The van der Waals surface area contributed by atoms with E-state index in [1.165, 1.54) is 43.5 Å². The maximum Gasteiger partial charge on any atom is 0.335 e. The number of halogens is 5. The Morgan fingerprint density at radius 1 is 0.975 bits per heavy atom. The topological polar surface area (TPSA) is 114 Å². The molecule has 0 bridgehead atoms. The number of carbonyl (C=O) groups is 4. The quantitative estimate of drug-likeness (QED) is 0.210. The molecule has 206 valence electrons. The number of rotatable bonds is 7. The fraction of sp³-hybridized carbons (Fsp3) is 0.0769. The molecule has 4 rings (SSSR count). The first kappa shape index (κ1) is 29.7. The predicted molar refractivity (Wildman–Crippen MR) is 157 cm³/mol. The van der Waals surface area contributed by atoms with E-state index in [4.69, 9.17) is 55.9 Å². The van der Waals surface area contributed by atoms with Crippen LogP contribution in [0.1, 0.15) is 5.56 Å². The van der Waals surface area contributed by atoms with E-state index < -0.39 is 23.8 Å². The molecule has 3 aromatic rings. The molecule has 0 aromatic heterocycles. The average molecular weight is 688 g/mol. The van der Waals surface area contributed by atoms with E-state index in [2.05, 4.69) is 26.6 Å². The second-order valence-electron chi connectivity index (χ2n) is 8.06. The number of amides is 5. The molecule has 5 amide bonds. The molecule has 9 nitrogen and oxygen atoms in total. The summed E-state index contributed by atoms with van der Waals surface area (Å²) in [4.78, 5) is 51.4. The van der Waals surface area contributed by atoms with Gasteiger partial charge in [-0.05, 0) is 76.1 Å². The van der Waals surface area contributed by atoms with Gasteiger partial charge in [-0.25, -0.2) is 9.69 Å². The van der Waals surface area contributed by atoms with Crippen molar-refractivity contribution in [1.82, 2.24) is 5.32 Å². The minimum absolute atomic E-state index is 0.122. The number of nitrogens with zero attached hydrogens (tertiary/aromatic N) is 1. The van der Waals surface area contributed by atoms with Crippen molar-refractivity contribution in [2.75, 3.05) is 23.9 Å². The minimum atomic E-state index is -0.938. The van der Waals surface area contributed by atoms with Crippen LogP contribution in [0, 0.1) is 0 Å². The highest BCUT2D eigenvalue weighted by molar-refractivity contribution is 9.10. The van der Waals surface area contributed by atoms with Crippen LogP contribution in [0.2, 0.25) is 20.1 Å². The van der Waals surface area contributed by atoms with Crippen LogP contribution in [0.5, 0.6) is 11.5 Å². The average Bonchev–Trinajstić information content (AvgIpc) is 2.89. The Kier molecular flexibility index (Phi) is 9.27. The summed E-state index contributed by atoms with van der Waals surface area (Å²) in [7, 11) is 1.38. The lowest BCUT2D eigenvalue weighted by Crippen LogP contribution is -2.54. The van der Waals surface area contributed by atoms with Crippen molar-refractivity contribution in [2.45, 2.75) is 0 Å². The molecule has 0 unspecified atom stereocenters. The van der Waals surface area contributed by atoms with Gasteiger partial charge in [0, 0.05) is 5.69 Å². The van der Waals surface area contributed by atoms with Gasteiger partial charge in [0.25, 0.3) is 17.7 Å². The lowest BCUT2D eigenvalue weighted by Gasteiger charge is -2.26. The molecule has 0 atom stereocenters. The van der Waals surface area contributed by atoms with Crippen molar-refractivity contribution in [2.24, 2.45) is 0 Å². The first-order chi connectivity index (χ1) is 19.0. The van der Waals surface area contributed by atoms with Crippen molar-refractivity contribution in [3.8, 4) is 11.5 Å². The van der Waals surface area contributed by atoms with Gasteiger partial charge in [0.15, 0.2) is 18.1 Å². The maximum atomic E-state index is 13.2. The Labute approximate surface area is 256 Å².